The second-order valence-electron chi connectivity index (χ2n) is 10.5. The number of rotatable bonds is 5. The van der Waals surface area contributed by atoms with Crippen LogP contribution in [-0.4, -0.2) is 37.7 Å². The smallest absolute Gasteiger partial charge is 0.250 e. The molecular formula is C32H28FN5O2. The van der Waals surface area contributed by atoms with Gasteiger partial charge < -0.3 is 25.7 Å². The summed E-state index contributed by atoms with van der Waals surface area (Å²) in [6.45, 7) is 0. The first-order chi connectivity index (χ1) is 19.5. The van der Waals surface area contributed by atoms with E-state index in [0.717, 1.165) is 58.7 Å². The highest BCUT2D eigenvalue weighted by Gasteiger charge is 2.22. The number of hydrogen-bond acceptors (Lipinski definition) is 4. The maximum atomic E-state index is 13.9. The fourth-order valence-electron chi connectivity index (χ4n) is 6.05. The molecule has 2 aromatic heterocycles. The van der Waals surface area contributed by atoms with Crippen molar-refractivity contribution in [2.45, 2.75) is 37.8 Å². The number of hydrogen-bond donors (Lipinski definition) is 4. The molecule has 200 valence electrons. The van der Waals surface area contributed by atoms with E-state index in [0.29, 0.717) is 28.1 Å². The number of nitrogens with one attached hydrogen (secondary N) is 2. The number of aromatic nitrogens is 3. The lowest BCUT2D eigenvalue weighted by Gasteiger charge is -2.28. The first kappa shape index (κ1) is 24.4. The van der Waals surface area contributed by atoms with Crippen LogP contribution < -0.4 is 11.1 Å². The SMILES string of the molecule is NC(=O)c1ccc(-n2c3ccccc3c3c(-c4nc5ccc(F)cc5[nH]4)cccc32)cc1N[C@H]1CC[C@@H](O)CC1. The number of halogens is 1. The van der Waals surface area contributed by atoms with Crippen molar-refractivity contribution >= 4 is 44.4 Å². The average Bonchev–Trinajstić information content (AvgIpc) is 3.53. The second kappa shape index (κ2) is 9.50. The van der Waals surface area contributed by atoms with Gasteiger partial charge in [0.25, 0.3) is 5.91 Å². The Hall–Kier alpha value is -4.69. The van der Waals surface area contributed by atoms with Crippen LogP contribution in [0.1, 0.15) is 36.0 Å². The van der Waals surface area contributed by atoms with Gasteiger partial charge in [-0.15, -0.1) is 0 Å². The van der Waals surface area contributed by atoms with Crippen LogP contribution in [0.5, 0.6) is 0 Å². The van der Waals surface area contributed by atoms with Crippen LogP contribution in [0.4, 0.5) is 10.1 Å². The average molecular weight is 534 g/mol. The van der Waals surface area contributed by atoms with Crippen molar-refractivity contribution in [2.24, 2.45) is 5.73 Å². The third-order valence-corrected chi connectivity index (χ3v) is 7.98. The summed E-state index contributed by atoms with van der Waals surface area (Å²) < 4.78 is 16.1. The molecule has 6 aromatic rings. The molecule has 0 spiro atoms. The first-order valence-electron chi connectivity index (χ1n) is 13.5. The molecule has 4 aromatic carbocycles. The molecule has 5 N–H and O–H groups in total. The Balaban J connectivity index is 1.41. The number of nitrogens with zero attached hydrogens (tertiary/aromatic N) is 2. The molecule has 0 aliphatic heterocycles. The van der Waals surface area contributed by atoms with E-state index in [1.807, 2.05) is 36.4 Å². The number of anilines is 1. The third kappa shape index (κ3) is 4.08. The molecule has 1 amide bonds. The molecule has 1 aliphatic carbocycles. The Morgan fingerprint density at radius 2 is 1.77 bits per heavy atom. The first-order valence-corrected chi connectivity index (χ1v) is 13.5. The molecule has 0 radical (unpaired) electrons. The number of aliphatic hydroxyl groups excluding tert-OH is 1. The largest absolute Gasteiger partial charge is 0.393 e. The minimum Gasteiger partial charge on any atom is -0.393 e. The van der Waals surface area contributed by atoms with Gasteiger partial charge in [0.1, 0.15) is 11.6 Å². The molecular weight excluding hydrogens is 505 g/mol. The highest BCUT2D eigenvalue weighted by Crippen LogP contribution is 2.39. The van der Waals surface area contributed by atoms with Gasteiger partial charge >= 0.3 is 0 Å². The number of nitrogens with two attached hydrogens (primary N) is 1. The van der Waals surface area contributed by atoms with Crippen LogP contribution in [0.2, 0.25) is 0 Å². The molecule has 7 nitrogen and oxygen atoms in total. The van der Waals surface area contributed by atoms with Crippen molar-refractivity contribution in [3.05, 3.63) is 90.2 Å². The Kier molecular flexibility index (Phi) is 5.78. The fraction of sp³-hybridized carbons (Fsp3) is 0.188. The van der Waals surface area contributed by atoms with Crippen LogP contribution in [0.3, 0.4) is 0 Å². The number of carbonyl (C=O) groups excluding carboxylic acids is 1. The van der Waals surface area contributed by atoms with E-state index in [1.165, 1.54) is 12.1 Å². The maximum absolute atomic E-state index is 13.9. The summed E-state index contributed by atoms with van der Waals surface area (Å²) in [6, 6.07) is 24.6. The number of aromatic amines is 1. The molecule has 40 heavy (non-hydrogen) atoms. The monoisotopic (exact) mass is 533 g/mol. The number of amides is 1. The molecule has 7 rings (SSSR count). The summed E-state index contributed by atoms with van der Waals surface area (Å²) >= 11 is 0. The highest BCUT2D eigenvalue weighted by atomic mass is 19.1. The summed E-state index contributed by atoms with van der Waals surface area (Å²) in [6.07, 6.45) is 2.84. The zero-order chi connectivity index (χ0) is 27.4. The summed E-state index contributed by atoms with van der Waals surface area (Å²) in [4.78, 5) is 20.4. The second-order valence-corrected chi connectivity index (χ2v) is 10.5. The number of imidazole rings is 1. The van der Waals surface area contributed by atoms with Gasteiger partial charge in [-0.05, 0) is 74.2 Å². The third-order valence-electron chi connectivity index (χ3n) is 7.98. The van der Waals surface area contributed by atoms with Crippen LogP contribution in [-0.2, 0) is 0 Å². The highest BCUT2D eigenvalue weighted by molar-refractivity contribution is 6.15. The Morgan fingerprint density at radius 3 is 2.60 bits per heavy atom. The number of carbonyl (C=O) groups is 1. The van der Waals surface area contributed by atoms with Crippen molar-refractivity contribution in [2.75, 3.05) is 5.32 Å². The van der Waals surface area contributed by atoms with Crippen molar-refractivity contribution in [1.82, 2.24) is 14.5 Å². The van der Waals surface area contributed by atoms with Gasteiger partial charge in [0.05, 0.1) is 33.7 Å². The van der Waals surface area contributed by atoms with Gasteiger partial charge in [-0.2, -0.15) is 0 Å². The zero-order valence-corrected chi connectivity index (χ0v) is 21.7. The zero-order valence-electron chi connectivity index (χ0n) is 21.7. The van der Waals surface area contributed by atoms with Crippen molar-refractivity contribution in [3.8, 4) is 17.1 Å². The van der Waals surface area contributed by atoms with Gasteiger partial charge in [-0.25, -0.2) is 9.37 Å². The summed E-state index contributed by atoms with van der Waals surface area (Å²) in [5.41, 5.74) is 12.0. The van der Waals surface area contributed by atoms with E-state index in [4.69, 9.17) is 10.7 Å². The maximum Gasteiger partial charge on any atom is 0.250 e. The van der Waals surface area contributed by atoms with Crippen molar-refractivity contribution in [3.63, 3.8) is 0 Å². The number of H-pyrrole nitrogens is 1. The lowest BCUT2D eigenvalue weighted by molar-refractivity contribution is 0.100. The number of aliphatic hydroxyl groups is 1. The van der Waals surface area contributed by atoms with E-state index >= 15 is 0 Å². The van der Waals surface area contributed by atoms with Gasteiger partial charge in [-0.3, -0.25) is 4.79 Å². The number of para-hydroxylation sites is 1. The van der Waals surface area contributed by atoms with Crippen LogP contribution in [0.15, 0.2) is 78.9 Å². The number of benzene rings is 4. The molecule has 8 heteroatoms. The van der Waals surface area contributed by atoms with Gasteiger partial charge in [0, 0.05) is 33.8 Å². The van der Waals surface area contributed by atoms with Gasteiger partial charge in [0.2, 0.25) is 0 Å². The standard InChI is InChI=1S/C32H28FN5O2/c33-18-8-15-25-27(16-18)37-32(36-25)24-5-3-7-29-30(24)23-4-1-2-6-28(23)38(29)20-11-14-22(31(34)40)26(17-20)35-19-9-12-21(39)13-10-19/h1-8,11,14-17,19,21,35,39H,9-10,12-13H2,(H2,34,40)(H,36,37)/t19-,21+. The minimum atomic E-state index is -0.490. The van der Waals surface area contributed by atoms with E-state index in [9.17, 15) is 14.3 Å². The lowest BCUT2D eigenvalue weighted by atomic mass is 9.92. The van der Waals surface area contributed by atoms with Crippen molar-refractivity contribution < 1.29 is 14.3 Å². The summed E-state index contributed by atoms with van der Waals surface area (Å²) in [5.74, 6) is -0.138. The fourth-order valence-corrected chi connectivity index (χ4v) is 6.05. The van der Waals surface area contributed by atoms with Crippen molar-refractivity contribution in [1.29, 1.82) is 0 Å². The van der Waals surface area contributed by atoms with Crippen LogP contribution in [0, 0.1) is 5.82 Å². The quantitative estimate of drug-likeness (QED) is 0.209. The van der Waals surface area contributed by atoms with E-state index in [1.54, 1.807) is 12.1 Å². The predicted molar refractivity (Wildman–Crippen MR) is 156 cm³/mol. The molecule has 1 aliphatic rings. The van der Waals surface area contributed by atoms with Crippen LogP contribution in [0.25, 0.3) is 49.9 Å². The van der Waals surface area contributed by atoms with Gasteiger partial charge in [0.15, 0.2) is 0 Å². The molecule has 0 saturated heterocycles. The Labute approximate surface area is 229 Å². The molecule has 0 atom stereocenters. The molecule has 2 heterocycles. The number of primary amides is 1. The molecule has 1 saturated carbocycles. The normalized spacial score (nSPS) is 17.6. The Bertz CT molecular complexity index is 1920. The Morgan fingerprint density at radius 1 is 0.975 bits per heavy atom. The molecule has 1 fully saturated rings. The number of fused-ring (bicyclic) bond motifs is 4. The van der Waals surface area contributed by atoms with E-state index < -0.39 is 5.91 Å². The van der Waals surface area contributed by atoms with E-state index in [2.05, 4.69) is 33.1 Å². The predicted octanol–water partition coefficient (Wildman–Crippen LogP) is 6.28. The summed E-state index contributed by atoms with van der Waals surface area (Å²) in [5, 5.41) is 15.5. The van der Waals surface area contributed by atoms with Crippen LogP contribution >= 0.6 is 0 Å². The van der Waals surface area contributed by atoms with Gasteiger partial charge in [-0.1, -0.05) is 30.3 Å². The van der Waals surface area contributed by atoms with E-state index in [-0.39, 0.29) is 18.0 Å². The summed E-state index contributed by atoms with van der Waals surface area (Å²) in [7, 11) is 0. The molecule has 0 bridgehead atoms. The lowest BCUT2D eigenvalue weighted by Crippen LogP contribution is -2.29. The topological polar surface area (TPSA) is 109 Å². The molecule has 0 unspecified atom stereocenters. The minimum absolute atomic E-state index is 0.152.